The Bertz CT molecular complexity index is 328. The van der Waals surface area contributed by atoms with Crippen molar-refractivity contribution in [2.24, 2.45) is 5.92 Å². The topological polar surface area (TPSA) is 38.1 Å². The zero-order valence-electron chi connectivity index (χ0n) is 10.5. The first-order valence-electron chi connectivity index (χ1n) is 6.39. The first kappa shape index (κ1) is 11.6. The number of rotatable bonds is 6. The van der Waals surface area contributed by atoms with E-state index in [0.29, 0.717) is 12.0 Å². The van der Waals surface area contributed by atoms with Crippen LogP contribution in [0.1, 0.15) is 57.4 Å². The van der Waals surface area contributed by atoms with E-state index in [4.69, 9.17) is 4.52 Å². The molecule has 1 aromatic heterocycles. The minimum atomic E-state index is 0.447. The number of aromatic nitrogens is 1. The largest absolute Gasteiger partial charge is 0.360 e. The van der Waals surface area contributed by atoms with Gasteiger partial charge in [-0.1, -0.05) is 25.9 Å². The van der Waals surface area contributed by atoms with Gasteiger partial charge in [-0.25, -0.2) is 0 Å². The maximum atomic E-state index is 5.31. The molecular formula is C13H22N2O. The first-order chi connectivity index (χ1) is 7.70. The van der Waals surface area contributed by atoms with Crippen LogP contribution in [0.3, 0.4) is 0 Å². The molecule has 1 aliphatic rings. The van der Waals surface area contributed by atoms with Crippen molar-refractivity contribution in [3.8, 4) is 0 Å². The van der Waals surface area contributed by atoms with Crippen molar-refractivity contribution in [2.45, 2.75) is 58.5 Å². The van der Waals surface area contributed by atoms with Gasteiger partial charge in [-0.2, -0.15) is 0 Å². The molecule has 0 aliphatic heterocycles. The second-order valence-electron chi connectivity index (χ2n) is 5.11. The zero-order valence-corrected chi connectivity index (χ0v) is 10.5. The maximum Gasteiger partial charge on any atom is 0.150 e. The smallest absolute Gasteiger partial charge is 0.150 e. The Morgan fingerprint density at radius 3 is 2.75 bits per heavy atom. The van der Waals surface area contributed by atoms with Crippen molar-refractivity contribution in [1.29, 1.82) is 0 Å². The standard InChI is InChI=1S/C13H22N2O/c1-4-12(10-5-6-10)14-8-11-7-13(9(2)3)15-16-11/h7,9-10,12,14H,4-6,8H2,1-3H3. The summed E-state index contributed by atoms with van der Waals surface area (Å²) in [6.07, 6.45) is 3.98. The third kappa shape index (κ3) is 2.85. The van der Waals surface area contributed by atoms with Crippen LogP contribution in [0.4, 0.5) is 0 Å². The van der Waals surface area contributed by atoms with Crippen molar-refractivity contribution in [3.63, 3.8) is 0 Å². The fourth-order valence-electron chi connectivity index (χ4n) is 2.06. The number of nitrogens with zero attached hydrogens (tertiary/aromatic N) is 1. The zero-order chi connectivity index (χ0) is 11.5. The average Bonchev–Trinajstić information content (AvgIpc) is 2.97. The minimum Gasteiger partial charge on any atom is -0.360 e. The second-order valence-corrected chi connectivity index (χ2v) is 5.11. The van der Waals surface area contributed by atoms with Gasteiger partial charge in [0.05, 0.1) is 12.2 Å². The molecule has 90 valence electrons. The van der Waals surface area contributed by atoms with Crippen LogP contribution in [0.15, 0.2) is 10.6 Å². The molecule has 3 heteroatoms. The van der Waals surface area contributed by atoms with Crippen molar-refractivity contribution in [2.75, 3.05) is 0 Å². The van der Waals surface area contributed by atoms with Crippen LogP contribution in [0, 0.1) is 5.92 Å². The lowest BCUT2D eigenvalue weighted by Crippen LogP contribution is -2.29. The van der Waals surface area contributed by atoms with Gasteiger partial charge in [-0.3, -0.25) is 0 Å². The van der Waals surface area contributed by atoms with Crippen molar-refractivity contribution in [1.82, 2.24) is 10.5 Å². The Balaban J connectivity index is 1.83. The summed E-state index contributed by atoms with van der Waals surface area (Å²) in [4.78, 5) is 0. The Kier molecular flexibility index (Phi) is 3.64. The van der Waals surface area contributed by atoms with Crippen LogP contribution in [0.5, 0.6) is 0 Å². The summed E-state index contributed by atoms with van der Waals surface area (Å²) in [5, 5.41) is 7.63. The van der Waals surface area contributed by atoms with Gasteiger partial charge in [0.2, 0.25) is 0 Å². The normalized spacial score (nSPS) is 18.0. The third-order valence-corrected chi connectivity index (χ3v) is 3.34. The Morgan fingerprint density at radius 1 is 1.50 bits per heavy atom. The SMILES string of the molecule is CCC(NCc1cc(C(C)C)no1)C1CC1. The highest BCUT2D eigenvalue weighted by atomic mass is 16.5. The molecule has 2 rings (SSSR count). The van der Waals surface area contributed by atoms with E-state index in [-0.39, 0.29) is 0 Å². The molecule has 1 heterocycles. The molecule has 0 spiro atoms. The summed E-state index contributed by atoms with van der Waals surface area (Å²) < 4.78 is 5.31. The van der Waals surface area contributed by atoms with Gasteiger partial charge in [0.25, 0.3) is 0 Å². The molecule has 0 aromatic carbocycles. The van der Waals surface area contributed by atoms with E-state index < -0.39 is 0 Å². The Morgan fingerprint density at radius 2 is 2.25 bits per heavy atom. The third-order valence-electron chi connectivity index (χ3n) is 3.34. The van der Waals surface area contributed by atoms with Crippen LogP contribution in [-0.2, 0) is 6.54 Å². The molecule has 1 aliphatic carbocycles. The molecule has 1 unspecified atom stereocenters. The van der Waals surface area contributed by atoms with E-state index in [1.807, 2.05) is 0 Å². The van der Waals surface area contributed by atoms with Crippen LogP contribution < -0.4 is 5.32 Å². The van der Waals surface area contributed by atoms with Crippen molar-refractivity contribution in [3.05, 3.63) is 17.5 Å². The van der Waals surface area contributed by atoms with Gasteiger partial charge >= 0.3 is 0 Å². The molecule has 0 radical (unpaired) electrons. The van der Waals surface area contributed by atoms with E-state index in [9.17, 15) is 0 Å². The lowest BCUT2D eigenvalue weighted by molar-refractivity contribution is 0.347. The van der Waals surface area contributed by atoms with E-state index in [2.05, 4.69) is 37.3 Å². The van der Waals surface area contributed by atoms with Crippen LogP contribution >= 0.6 is 0 Å². The van der Waals surface area contributed by atoms with Crippen molar-refractivity contribution < 1.29 is 4.52 Å². The van der Waals surface area contributed by atoms with Gasteiger partial charge in [0.15, 0.2) is 5.76 Å². The molecule has 3 nitrogen and oxygen atoms in total. The van der Waals surface area contributed by atoms with E-state index >= 15 is 0 Å². The summed E-state index contributed by atoms with van der Waals surface area (Å²) in [6, 6.07) is 2.73. The molecule has 1 N–H and O–H groups in total. The molecule has 1 aromatic rings. The van der Waals surface area contributed by atoms with E-state index in [1.54, 1.807) is 0 Å². The first-order valence-corrected chi connectivity index (χ1v) is 6.39. The number of hydrogen-bond donors (Lipinski definition) is 1. The lowest BCUT2D eigenvalue weighted by Gasteiger charge is -2.14. The lowest BCUT2D eigenvalue weighted by atomic mass is 10.1. The molecule has 0 amide bonds. The summed E-state index contributed by atoms with van der Waals surface area (Å²) >= 11 is 0. The Hall–Kier alpha value is -0.830. The minimum absolute atomic E-state index is 0.447. The summed E-state index contributed by atoms with van der Waals surface area (Å²) in [6.45, 7) is 7.33. The highest BCUT2D eigenvalue weighted by molar-refractivity contribution is 5.08. The highest BCUT2D eigenvalue weighted by Gasteiger charge is 2.29. The predicted molar refractivity (Wildman–Crippen MR) is 64.2 cm³/mol. The summed E-state index contributed by atoms with van der Waals surface area (Å²) in [5.41, 5.74) is 1.05. The monoisotopic (exact) mass is 222 g/mol. The maximum absolute atomic E-state index is 5.31. The molecule has 1 saturated carbocycles. The van der Waals surface area contributed by atoms with Gasteiger partial charge in [0, 0.05) is 12.1 Å². The molecule has 1 atom stereocenters. The van der Waals surface area contributed by atoms with Gasteiger partial charge in [-0.05, 0) is 31.1 Å². The van der Waals surface area contributed by atoms with Gasteiger partial charge in [0.1, 0.15) is 0 Å². The fraction of sp³-hybridized carbons (Fsp3) is 0.769. The van der Waals surface area contributed by atoms with E-state index in [1.165, 1.54) is 19.3 Å². The fourth-order valence-corrected chi connectivity index (χ4v) is 2.06. The average molecular weight is 222 g/mol. The molecule has 1 fully saturated rings. The van der Waals surface area contributed by atoms with Gasteiger partial charge < -0.3 is 9.84 Å². The van der Waals surface area contributed by atoms with Crippen LogP contribution in [0.25, 0.3) is 0 Å². The molecule has 16 heavy (non-hydrogen) atoms. The van der Waals surface area contributed by atoms with E-state index in [0.717, 1.165) is 23.9 Å². The predicted octanol–water partition coefficient (Wildman–Crippen LogP) is 3.08. The van der Waals surface area contributed by atoms with Crippen LogP contribution in [0.2, 0.25) is 0 Å². The molecule has 0 bridgehead atoms. The van der Waals surface area contributed by atoms with Crippen LogP contribution in [-0.4, -0.2) is 11.2 Å². The highest BCUT2D eigenvalue weighted by Crippen LogP contribution is 2.34. The number of nitrogens with one attached hydrogen (secondary N) is 1. The van der Waals surface area contributed by atoms with Crippen molar-refractivity contribution >= 4 is 0 Å². The molecule has 0 saturated heterocycles. The Labute approximate surface area is 97.6 Å². The van der Waals surface area contributed by atoms with Gasteiger partial charge in [-0.15, -0.1) is 0 Å². The molecular weight excluding hydrogens is 200 g/mol. The quantitative estimate of drug-likeness (QED) is 0.803. The summed E-state index contributed by atoms with van der Waals surface area (Å²) in [7, 11) is 0. The number of hydrogen-bond acceptors (Lipinski definition) is 3. The second kappa shape index (κ2) is 5.00. The summed E-state index contributed by atoms with van der Waals surface area (Å²) in [5.74, 6) is 2.31.